The minimum absolute atomic E-state index is 0.375. The zero-order valence-electron chi connectivity index (χ0n) is 31.1. The van der Waals surface area contributed by atoms with Crippen LogP contribution in [0.2, 0.25) is 0 Å². The highest BCUT2D eigenvalue weighted by Crippen LogP contribution is 2.40. The van der Waals surface area contributed by atoms with E-state index >= 15 is 0 Å². The molecule has 2 heterocycles. The normalized spacial score (nSPS) is 10.6. The van der Waals surface area contributed by atoms with Crippen LogP contribution >= 0.6 is 0 Å². The van der Waals surface area contributed by atoms with E-state index in [1.807, 2.05) is 115 Å². The van der Waals surface area contributed by atoms with Crippen LogP contribution in [0.5, 0.6) is 0 Å². The van der Waals surface area contributed by atoms with Crippen molar-refractivity contribution in [1.29, 1.82) is 26.3 Å². The molecule has 9 aromatic rings. The third-order valence-corrected chi connectivity index (χ3v) is 10.3. The van der Waals surface area contributed by atoms with E-state index in [-0.39, 0.29) is 0 Å². The fraction of sp³-hybridized carbons (Fsp3) is 0. The lowest BCUT2D eigenvalue weighted by Gasteiger charge is -2.16. The van der Waals surface area contributed by atoms with Gasteiger partial charge in [0.1, 0.15) is 0 Å². The molecule has 0 aliphatic heterocycles. The van der Waals surface area contributed by atoms with E-state index in [1.165, 1.54) is 0 Å². The van der Waals surface area contributed by atoms with Crippen molar-refractivity contribution in [2.45, 2.75) is 0 Å². The first-order valence-electron chi connectivity index (χ1n) is 18.5. The lowest BCUT2D eigenvalue weighted by Crippen LogP contribution is -2.02. The van der Waals surface area contributed by atoms with Crippen molar-refractivity contribution in [3.63, 3.8) is 0 Å². The second kappa shape index (κ2) is 14.8. The SMILES string of the molecule is N#Cc1cc(C#N)cc(-c2ccc3c(c2)c2cc(-c4cc(C#N)cc(C#N)c4)ccc2n3-c2cc(C#N)ccc2-c2nc(-c3ccccc3)cc(-c3ccccc3)n2)c1. The van der Waals surface area contributed by atoms with Crippen LogP contribution in [0.3, 0.4) is 0 Å². The number of hydrogen-bond donors (Lipinski definition) is 0. The summed E-state index contributed by atoms with van der Waals surface area (Å²) in [6.45, 7) is 0. The summed E-state index contributed by atoms with van der Waals surface area (Å²) in [5.74, 6) is 0.475. The third kappa shape index (κ3) is 6.57. The fourth-order valence-electron chi connectivity index (χ4n) is 7.55. The van der Waals surface area contributed by atoms with Crippen LogP contribution in [-0.4, -0.2) is 14.5 Å². The van der Waals surface area contributed by atoms with Crippen LogP contribution in [-0.2, 0) is 0 Å². The number of rotatable bonds is 6. The Labute approximate surface area is 339 Å². The van der Waals surface area contributed by atoms with Gasteiger partial charge in [0.15, 0.2) is 5.82 Å². The largest absolute Gasteiger partial charge is 0.308 e. The van der Waals surface area contributed by atoms with E-state index in [1.54, 1.807) is 42.5 Å². The van der Waals surface area contributed by atoms with Gasteiger partial charge in [0, 0.05) is 27.5 Å². The summed E-state index contributed by atoms with van der Waals surface area (Å²) in [7, 11) is 0. The fourth-order valence-corrected chi connectivity index (χ4v) is 7.55. The molecule has 8 heteroatoms. The van der Waals surface area contributed by atoms with Gasteiger partial charge in [-0.05, 0) is 107 Å². The molecule has 0 fully saturated rings. The maximum Gasteiger partial charge on any atom is 0.162 e. The Bertz CT molecular complexity index is 3130. The molecule has 0 aliphatic rings. The van der Waals surface area contributed by atoms with Gasteiger partial charge < -0.3 is 4.57 Å². The van der Waals surface area contributed by atoms with Gasteiger partial charge in [-0.1, -0.05) is 72.8 Å². The molecular formula is C51H26N8. The number of nitrogens with zero attached hydrogens (tertiary/aromatic N) is 8. The molecule has 0 saturated carbocycles. The number of benzene rings is 7. The van der Waals surface area contributed by atoms with E-state index in [0.717, 1.165) is 55.4 Å². The summed E-state index contributed by atoms with van der Waals surface area (Å²) >= 11 is 0. The van der Waals surface area contributed by atoms with Gasteiger partial charge in [0.05, 0.1) is 86.3 Å². The number of fused-ring (bicyclic) bond motifs is 3. The van der Waals surface area contributed by atoms with Gasteiger partial charge in [0.2, 0.25) is 0 Å². The van der Waals surface area contributed by atoms with Crippen LogP contribution in [0.4, 0.5) is 0 Å². The molecule has 270 valence electrons. The van der Waals surface area contributed by atoms with Crippen LogP contribution in [0.1, 0.15) is 27.8 Å². The molecule has 0 radical (unpaired) electrons. The first-order chi connectivity index (χ1) is 29.0. The molecule has 0 bridgehead atoms. The summed E-state index contributed by atoms with van der Waals surface area (Å²) < 4.78 is 2.11. The number of hydrogen-bond acceptors (Lipinski definition) is 7. The molecule has 0 spiro atoms. The molecule has 0 aliphatic carbocycles. The van der Waals surface area contributed by atoms with Crippen LogP contribution in [0.25, 0.3) is 83.6 Å². The summed E-state index contributed by atoms with van der Waals surface area (Å²) in [6.07, 6.45) is 0. The molecule has 0 atom stereocenters. The van der Waals surface area contributed by atoms with E-state index in [9.17, 15) is 26.3 Å². The van der Waals surface area contributed by atoms with Gasteiger partial charge in [-0.15, -0.1) is 0 Å². The Morgan fingerprint density at radius 2 is 0.797 bits per heavy atom. The average Bonchev–Trinajstić information content (AvgIpc) is 3.64. The number of nitriles is 5. The van der Waals surface area contributed by atoms with Gasteiger partial charge >= 0.3 is 0 Å². The summed E-state index contributed by atoms with van der Waals surface area (Å²) in [4.78, 5) is 10.3. The Balaban J connectivity index is 1.35. The molecule has 8 nitrogen and oxygen atoms in total. The van der Waals surface area contributed by atoms with E-state index in [4.69, 9.17) is 9.97 Å². The van der Waals surface area contributed by atoms with Gasteiger partial charge in [-0.2, -0.15) is 26.3 Å². The van der Waals surface area contributed by atoms with Gasteiger partial charge in [0.25, 0.3) is 0 Å². The van der Waals surface area contributed by atoms with Crippen molar-refractivity contribution >= 4 is 21.8 Å². The van der Waals surface area contributed by atoms with Crippen molar-refractivity contribution in [2.75, 3.05) is 0 Å². The van der Waals surface area contributed by atoms with Crippen molar-refractivity contribution < 1.29 is 0 Å². The topological polar surface area (TPSA) is 150 Å². The second-order valence-electron chi connectivity index (χ2n) is 13.9. The Morgan fingerprint density at radius 1 is 0.356 bits per heavy atom. The number of aromatic nitrogens is 3. The average molecular weight is 751 g/mol. The summed E-state index contributed by atoms with van der Waals surface area (Å²) in [6, 6.07) is 60.6. The van der Waals surface area contributed by atoms with Gasteiger partial charge in [-0.3, -0.25) is 0 Å². The highest BCUT2D eigenvalue weighted by atomic mass is 15.0. The predicted molar refractivity (Wildman–Crippen MR) is 227 cm³/mol. The van der Waals surface area contributed by atoms with E-state index in [2.05, 4.69) is 34.9 Å². The standard InChI is InChI=1S/C51H26N8/c52-27-32-11-14-43(51-57-46(37-7-3-1-4-8-37)26-47(58-51)38-9-5-2-6-10-38)50(23-32)59-48-15-12-39(41-19-33(28-53)17-34(20-41)29-54)24-44(48)45-25-40(13-16-49(45)59)42-21-35(30-55)18-36(22-42)31-56/h1-26H. The minimum Gasteiger partial charge on any atom is -0.308 e. The first-order valence-corrected chi connectivity index (χ1v) is 18.5. The molecular weight excluding hydrogens is 725 g/mol. The Kier molecular flexibility index (Phi) is 8.95. The molecule has 2 aromatic heterocycles. The maximum atomic E-state index is 10.2. The zero-order chi connectivity index (χ0) is 40.5. The maximum absolute atomic E-state index is 10.2. The highest BCUT2D eigenvalue weighted by molar-refractivity contribution is 6.12. The Hall–Kier alpha value is -9.13. The molecule has 0 amide bonds. The van der Waals surface area contributed by atoms with Crippen molar-refractivity contribution in [3.8, 4) is 92.2 Å². The summed E-state index contributed by atoms with van der Waals surface area (Å²) in [5, 5.41) is 51.1. The monoisotopic (exact) mass is 750 g/mol. The third-order valence-electron chi connectivity index (χ3n) is 10.3. The van der Waals surface area contributed by atoms with Gasteiger partial charge in [-0.25, -0.2) is 9.97 Å². The second-order valence-corrected chi connectivity index (χ2v) is 13.9. The molecule has 0 saturated heterocycles. The molecule has 9 rings (SSSR count). The van der Waals surface area contributed by atoms with Crippen molar-refractivity contribution in [2.24, 2.45) is 0 Å². The zero-order valence-corrected chi connectivity index (χ0v) is 31.1. The molecule has 59 heavy (non-hydrogen) atoms. The Morgan fingerprint density at radius 3 is 1.22 bits per heavy atom. The summed E-state index contributed by atoms with van der Waals surface area (Å²) in [5.41, 5.74) is 11.3. The van der Waals surface area contributed by atoms with Crippen LogP contribution in [0, 0.1) is 56.7 Å². The highest BCUT2D eigenvalue weighted by Gasteiger charge is 2.21. The smallest absolute Gasteiger partial charge is 0.162 e. The van der Waals surface area contributed by atoms with Crippen LogP contribution in [0.15, 0.2) is 158 Å². The van der Waals surface area contributed by atoms with Crippen molar-refractivity contribution in [3.05, 3.63) is 186 Å². The minimum atomic E-state index is 0.375. The molecule has 0 unspecified atom stereocenters. The van der Waals surface area contributed by atoms with Crippen LogP contribution < -0.4 is 0 Å². The van der Waals surface area contributed by atoms with E-state index < -0.39 is 0 Å². The predicted octanol–water partition coefficient (Wildman–Crippen LogP) is 11.3. The van der Waals surface area contributed by atoms with E-state index in [0.29, 0.717) is 56.0 Å². The quantitative estimate of drug-likeness (QED) is 0.164. The lowest BCUT2D eigenvalue weighted by atomic mass is 9.97. The first kappa shape index (κ1) is 35.6. The van der Waals surface area contributed by atoms with Crippen molar-refractivity contribution in [1.82, 2.24) is 14.5 Å². The molecule has 7 aromatic carbocycles. The molecule has 0 N–H and O–H groups in total. The lowest BCUT2D eigenvalue weighted by molar-refractivity contribution is 1.14.